The number of aromatic nitrogens is 4. The molecular weight excluding hydrogens is 200 g/mol. The fraction of sp³-hybridized carbons (Fsp3) is 0.222. The molecule has 2 heterocycles. The fourth-order valence-electron chi connectivity index (χ4n) is 1.22. The molecule has 0 aromatic carbocycles. The van der Waals surface area contributed by atoms with Crippen molar-refractivity contribution in [1.29, 1.82) is 0 Å². The van der Waals surface area contributed by atoms with Gasteiger partial charge < -0.3 is 4.57 Å². The van der Waals surface area contributed by atoms with E-state index in [1.54, 1.807) is 18.6 Å². The van der Waals surface area contributed by atoms with E-state index in [0.717, 1.165) is 11.4 Å². The quantitative estimate of drug-likeness (QED) is 0.672. The molecule has 0 bridgehead atoms. The van der Waals surface area contributed by atoms with E-state index >= 15 is 0 Å². The second-order valence-electron chi connectivity index (χ2n) is 3.05. The number of halogens is 1. The predicted octanol–water partition coefficient (Wildman–Crippen LogP) is 1.84. The average molecular weight is 209 g/mol. The van der Waals surface area contributed by atoms with Gasteiger partial charge in [-0.15, -0.1) is 0 Å². The molecular formula is C9H9ClN4. The fourth-order valence-corrected chi connectivity index (χ4v) is 1.46. The zero-order valence-corrected chi connectivity index (χ0v) is 8.65. The van der Waals surface area contributed by atoms with Gasteiger partial charge in [0.25, 0.3) is 0 Å². The third-order valence-corrected chi connectivity index (χ3v) is 2.06. The SMILES string of the molecule is Cc1cc(Cl)nc(-c2cncn2C)n1. The Morgan fingerprint density at radius 2 is 2.14 bits per heavy atom. The average Bonchev–Trinajstić information content (AvgIpc) is 2.49. The second kappa shape index (κ2) is 3.38. The van der Waals surface area contributed by atoms with Crippen molar-refractivity contribution in [2.45, 2.75) is 6.92 Å². The maximum atomic E-state index is 5.84. The summed E-state index contributed by atoms with van der Waals surface area (Å²) in [5.74, 6) is 0.606. The van der Waals surface area contributed by atoms with E-state index in [-0.39, 0.29) is 0 Å². The van der Waals surface area contributed by atoms with E-state index in [1.807, 2.05) is 18.5 Å². The van der Waals surface area contributed by atoms with E-state index in [0.29, 0.717) is 11.0 Å². The number of imidazole rings is 1. The van der Waals surface area contributed by atoms with Gasteiger partial charge in [0, 0.05) is 12.7 Å². The molecule has 0 unspecified atom stereocenters. The first-order valence-corrected chi connectivity index (χ1v) is 4.52. The minimum absolute atomic E-state index is 0.453. The Balaban J connectivity index is 2.57. The van der Waals surface area contributed by atoms with Gasteiger partial charge in [0.15, 0.2) is 5.82 Å². The smallest absolute Gasteiger partial charge is 0.179 e. The van der Waals surface area contributed by atoms with Crippen LogP contribution >= 0.6 is 11.6 Å². The molecule has 2 aromatic heterocycles. The Morgan fingerprint density at radius 1 is 1.36 bits per heavy atom. The molecule has 0 fully saturated rings. The van der Waals surface area contributed by atoms with Gasteiger partial charge in [-0.25, -0.2) is 15.0 Å². The van der Waals surface area contributed by atoms with Crippen molar-refractivity contribution < 1.29 is 0 Å². The largest absolute Gasteiger partial charge is 0.331 e. The molecule has 72 valence electrons. The molecule has 0 N–H and O–H groups in total. The van der Waals surface area contributed by atoms with Gasteiger partial charge in [-0.3, -0.25) is 0 Å². The molecule has 4 nitrogen and oxygen atoms in total. The Hall–Kier alpha value is -1.42. The molecule has 0 aliphatic rings. The molecule has 0 aliphatic heterocycles. The summed E-state index contributed by atoms with van der Waals surface area (Å²) < 4.78 is 1.85. The molecule has 14 heavy (non-hydrogen) atoms. The van der Waals surface area contributed by atoms with Crippen LogP contribution < -0.4 is 0 Å². The van der Waals surface area contributed by atoms with Crippen LogP contribution in [0, 0.1) is 6.92 Å². The first-order valence-electron chi connectivity index (χ1n) is 4.14. The Labute approximate surface area is 86.6 Å². The van der Waals surface area contributed by atoms with Crippen LogP contribution in [-0.2, 0) is 7.05 Å². The van der Waals surface area contributed by atoms with Crippen LogP contribution in [0.4, 0.5) is 0 Å². The van der Waals surface area contributed by atoms with Crippen LogP contribution in [0.15, 0.2) is 18.6 Å². The first kappa shape index (κ1) is 9.15. The van der Waals surface area contributed by atoms with Crippen molar-refractivity contribution >= 4 is 11.6 Å². The molecule has 0 atom stereocenters. The summed E-state index contributed by atoms with van der Waals surface area (Å²) in [6.45, 7) is 1.88. The minimum atomic E-state index is 0.453. The molecule has 0 saturated carbocycles. The number of hydrogen-bond donors (Lipinski definition) is 0. The van der Waals surface area contributed by atoms with Gasteiger partial charge >= 0.3 is 0 Å². The lowest BCUT2D eigenvalue weighted by atomic mass is 10.4. The zero-order chi connectivity index (χ0) is 10.1. The second-order valence-corrected chi connectivity index (χ2v) is 3.43. The topological polar surface area (TPSA) is 43.6 Å². The summed E-state index contributed by atoms with van der Waals surface area (Å²) >= 11 is 5.84. The van der Waals surface area contributed by atoms with Crippen molar-refractivity contribution in [1.82, 2.24) is 19.5 Å². The van der Waals surface area contributed by atoms with Crippen LogP contribution in [0.2, 0.25) is 5.15 Å². The van der Waals surface area contributed by atoms with Crippen LogP contribution in [0.25, 0.3) is 11.5 Å². The summed E-state index contributed by atoms with van der Waals surface area (Å²) in [6.07, 6.45) is 3.42. The van der Waals surface area contributed by atoms with Crippen molar-refractivity contribution in [2.75, 3.05) is 0 Å². The van der Waals surface area contributed by atoms with Crippen molar-refractivity contribution in [3.05, 3.63) is 29.4 Å². The van der Waals surface area contributed by atoms with E-state index in [4.69, 9.17) is 11.6 Å². The van der Waals surface area contributed by atoms with E-state index in [9.17, 15) is 0 Å². The molecule has 0 aliphatic carbocycles. The third-order valence-electron chi connectivity index (χ3n) is 1.87. The maximum Gasteiger partial charge on any atom is 0.179 e. The summed E-state index contributed by atoms with van der Waals surface area (Å²) in [6, 6.07) is 1.72. The van der Waals surface area contributed by atoms with Gasteiger partial charge in [0.05, 0.1) is 12.5 Å². The predicted molar refractivity (Wildman–Crippen MR) is 54.0 cm³/mol. The van der Waals surface area contributed by atoms with E-state index < -0.39 is 0 Å². The van der Waals surface area contributed by atoms with Gasteiger partial charge in [-0.2, -0.15) is 0 Å². The number of aryl methyl sites for hydroxylation is 2. The van der Waals surface area contributed by atoms with Crippen LogP contribution in [0.5, 0.6) is 0 Å². The summed E-state index contributed by atoms with van der Waals surface area (Å²) in [5, 5.41) is 0.453. The van der Waals surface area contributed by atoms with E-state index in [2.05, 4.69) is 15.0 Å². The van der Waals surface area contributed by atoms with Crippen LogP contribution in [-0.4, -0.2) is 19.5 Å². The van der Waals surface area contributed by atoms with E-state index in [1.165, 1.54) is 0 Å². The third kappa shape index (κ3) is 1.61. The highest BCUT2D eigenvalue weighted by Crippen LogP contribution is 2.16. The number of hydrogen-bond acceptors (Lipinski definition) is 3. The standard InChI is InChI=1S/C9H9ClN4/c1-6-3-8(10)13-9(12-6)7-4-11-5-14(7)2/h3-5H,1-2H3. The summed E-state index contributed by atoms with van der Waals surface area (Å²) in [4.78, 5) is 12.4. The van der Waals surface area contributed by atoms with Gasteiger partial charge in [0.1, 0.15) is 10.8 Å². The highest BCUT2D eigenvalue weighted by molar-refractivity contribution is 6.29. The molecule has 2 aromatic rings. The van der Waals surface area contributed by atoms with Crippen molar-refractivity contribution in [3.63, 3.8) is 0 Å². The molecule has 0 radical (unpaired) electrons. The van der Waals surface area contributed by atoms with Crippen molar-refractivity contribution in [2.24, 2.45) is 7.05 Å². The lowest BCUT2D eigenvalue weighted by molar-refractivity contribution is 0.905. The highest BCUT2D eigenvalue weighted by atomic mass is 35.5. The van der Waals surface area contributed by atoms with Gasteiger partial charge in [0.2, 0.25) is 0 Å². The lowest BCUT2D eigenvalue weighted by Crippen LogP contribution is -1.96. The summed E-state index contributed by atoms with van der Waals surface area (Å²) in [7, 11) is 1.89. The van der Waals surface area contributed by atoms with Crippen LogP contribution in [0.3, 0.4) is 0 Å². The monoisotopic (exact) mass is 208 g/mol. The van der Waals surface area contributed by atoms with Crippen LogP contribution in [0.1, 0.15) is 5.69 Å². The minimum Gasteiger partial charge on any atom is -0.331 e. The Morgan fingerprint density at radius 3 is 2.71 bits per heavy atom. The van der Waals surface area contributed by atoms with Gasteiger partial charge in [-0.05, 0) is 13.0 Å². The molecule has 2 rings (SSSR count). The Kier molecular flexibility index (Phi) is 2.21. The molecule has 0 amide bonds. The molecule has 0 spiro atoms. The number of rotatable bonds is 1. The molecule has 5 heteroatoms. The first-order chi connectivity index (χ1) is 6.66. The normalized spacial score (nSPS) is 10.5. The highest BCUT2D eigenvalue weighted by Gasteiger charge is 2.06. The Bertz CT molecular complexity index is 443. The number of nitrogens with zero attached hydrogens (tertiary/aromatic N) is 4. The molecule has 0 saturated heterocycles. The van der Waals surface area contributed by atoms with Crippen molar-refractivity contribution in [3.8, 4) is 11.5 Å². The zero-order valence-electron chi connectivity index (χ0n) is 7.90. The lowest BCUT2D eigenvalue weighted by Gasteiger charge is -2.02. The van der Waals surface area contributed by atoms with Gasteiger partial charge in [-0.1, -0.05) is 11.6 Å². The summed E-state index contributed by atoms with van der Waals surface area (Å²) in [5.41, 5.74) is 1.71. The maximum absolute atomic E-state index is 5.84.